The average molecular weight is 239 g/mol. The molecule has 0 saturated heterocycles. The van der Waals surface area contributed by atoms with Gasteiger partial charge >= 0.3 is 0 Å². The first kappa shape index (κ1) is 14.0. The van der Waals surface area contributed by atoms with Crippen LogP contribution in [0, 0.1) is 11.2 Å². The molecule has 3 heteroatoms. The Morgan fingerprint density at radius 3 is 2.47 bits per heavy atom. The second kappa shape index (κ2) is 5.50. The van der Waals surface area contributed by atoms with Gasteiger partial charge in [0.05, 0.1) is 6.61 Å². The normalized spacial score (nSPS) is 13.5. The molecule has 0 aliphatic carbocycles. The molecule has 96 valence electrons. The summed E-state index contributed by atoms with van der Waals surface area (Å²) in [5, 5.41) is 0. The molecule has 0 aliphatic heterocycles. The molecule has 0 fully saturated rings. The van der Waals surface area contributed by atoms with Gasteiger partial charge in [-0.25, -0.2) is 4.39 Å². The zero-order valence-electron chi connectivity index (χ0n) is 11.1. The van der Waals surface area contributed by atoms with Gasteiger partial charge in [0.2, 0.25) is 0 Å². The van der Waals surface area contributed by atoms with Gasteiger partial charge in [-0.2, -0.15) is 0 Å². The summed E-state index contributed by atoms with van der Waals surface area (Å²) < 4.78 is 19.1. The lowest BCUT2D eigenvalue weighted by Gasteiger charge is -2.18. The van der Waals surface area contributed by atoms with Crippen molar-refractivity contribution in [3.8, 4) is 5.75 Å². The lowest BCUT2D eigenvalue weighted by Crippen LogP contribution is -2.12. The number of ether oxygens (including phenoxy) is 1. The van der Waals surface area contributed by atoms with Crippen molar-refractivity contribution in [3.05, 3.63) is 29.6 Å². The zero-order valence-corrected chi connectivity index (χ0v) is 11.1. The third kappa shape index (κ3) is 4.73. The van der Waals surface area contributed by atoms with Gasteiger partial charge in [-0.1, -0.05) is 26.8 Å². The number of hydrogen-bond donors (Lipinski definition) is 1. The number of nitrogens with two attached hydrogens (primary N) is 1. The zero-order chi connectivity index (χ0) is 13.1. The lowest BCUT2D eigenvalue weighted by atomic mass is 9.93. The fourth-order valence-electron chi connectivity index (χ4n) is 1.38. The highest BCUT2D eigenvalue weighted by molar-refractivity contribution is 5.30. The molecule has 0 aliphatic rings. The summed E-state index contributed by atoms with van der Waals surface area (Å²) in [6.07, 6.45) is 0.890. The molecule has 0 heterocycles. The molecular formula is C14H22FNO. The number of hydrogen-bond acceptors (Lipinski definition) is 2. The molecule has 1 atom stereocenters. The van der Waals surface area contributed by atoms with Crippen molar-refractivity contribution in [2.45, 2.75) is 40.2 Å². The third-order valence-electron chi connectivity index (χ3n) is 2.59. The molecule has 0 radical (unpaired) electrons. The van der Waals surface area contributed by atoms with Crippen molar-refractivity contribution >= 4 is 0 Å². The largest absolute Gasteiger partial charge is 0.490 e. The van der Waals surface area contributed by atoms with Crippen LogP contribution in [0.4, 0.5) is 4.39 Å². The van der Waals surface area contributed by atoms with E-state index < -0.39 is 0 Å². The fourth-order valence-corrected chi connectivity index (χ4v) is 1.38. The van der Waals surface area contributed by atoms with E-state index in [4.69, 9.17) is 10.5 Å². The summed E-state index contributed by atoms with van der Waals surface area (Å²) >= 11 is 0. The smallest absolute Gasteiger partial charge is 0.165 e. The maximum absolute atomic E-state index is 13.6. The highest BCUT2D eigenvalue weighted by Gasteiger charge is 2.12. The third-order valence-corrected chi connectivity index (χ3v) is 2.59. The second-order valence-corrected chi connectivity index (χ2v) is 5.64. The Morgan fingerprint density at radius 2 is 2.00 bits per heavy atom. The van der Waals surface area contributed by atoms with Crippen LogP contribution in [-0.2, 0) is 0 Å². The first-order valence-corrected chi connectivity index (χ1v) is 5.97. The van der Waals surface area contributed by atoms with Crippen molar-refractivity contribution in [3.63, 3.8) is 0 Å². The van der Waals surface area contributed by atoms with E-state index in [0.717, 1.165) is 12.0 Å². The van der Waals surface area contributed by atoms with E-state index in [1.54, 1.807) is 12.1 Å². The Labute approximate surface area is 103 Å². The molecule has 0 aromatic heterocycles. The first-order valence-electron chi connectivity index (χ1n) is 5.97. The minimum Gasteiger partial charge on any atom is -0.490 e. The summed E-state index contributed by atoms with van der Waals surface area (Å²) in [5.74, 6) is -0.0349. The Kier molecular flexibility index (Phi) is 4.52. The van der Waals surface area contributed by atoms with E-state index in [-0.39, 0.29) is 17.3 Å². The Bertz CT molecular complexity index is 369. The van der Waals surface area contributed by atoms with Gasteiger partial charge in [-0.3, -0.25) is 0 Å². The molecule has 0 unspecified atom stereocenters. The van der Waals surface area contributed by atoms with Crippen LogP contribution >= 0.6 is 0 Å². The van der Waals surface area contributed by atoms with E-state index in [1.807, 2.05) is 6.92 Å². The number of halogens is 1. The monoisotopic (exact) mass is 239 g/mol. The molecule has 0 saturated carbocycles. The topological polar surface area (TPSA) is 35.2 Å². The Balaban J connectivity index is 2.61. The van der Waals surface area contributed by atoms with Gasteiger partial charge in [0.25, 0.3) is 0 Å². The van der Waals surface area contributed by atoms with Crippen molar-refractivity contribution in [1.29, 1.82) is 0 Å². The summed E-state index contributed by atoms with van der Waals surface area (Å²) in [7, 11) is 0. The molecule has 0 amide bonds. The average Bonchev–Trinajstić information content (AvgIpc) is 2.18. The quantitative estimate of drug-likeness (QED) is 0.870. The highest BCUT2D eigenvalue weighted by Crippen LogP contribution is 2.23. The molecule has 0 spiro atoms. The molecule has 1 aromatic carbocycles. The van der Waals surface area contributed by atoms with Crippen LogP contribution in [0.15, 0.2) is 18.2 Å². The summed E-state index contributed by atoms with van der Waals surface area (Å²) in [5.41, 5.74) is 6.66. The van der Waals surface area contributed by atoms with Crippen LogP contribution in [0.5, 0.6) is 5.75 Å². The molecule has 1 aromatic rings. The molecule has 2 N–H and O–H groups in total. The minimum atomic E-state index is -0.339. The van der Waals surface area contributed by atoms with Gasteiger partial charge in [0.1, 0.15) is 0 Å². The van der Waals surface area contributed by atoms with Gasteiger partial charge < -0.3 is 10.5 Å². The van der Waals surface area contributed by atoms with Crippen molar-refractivity contribution in [1.82, 2.24) is 0 Å². The minimum absolute atomic E-state index is 0.159. The first-order chi connectivity index (χ1) is 7.79. The number of benzene rings is 1. The van der Waals surface area contributed by atoms with Crippen LogP contribution in [0.25, 0.3) is 0 Å². The lowest BCUT2D eigenvalue weighted by molar-refractivity contribution is 0.235. The predicted octanol–water partition coefficient (Wildman–Crippen LogP) is 3.66. The van der Waals surface area contributed by atoms with Crippen LogP contribution in [-0.4, -0.2) is 6.61 Å². The number of rotatable bonds is 4. The standard InChI is InChI=1S/C14H22FNO/c1-10(16)11-5-6-13(12(15)9-11)17-8-7-14(2,3)4/h5-6,9-10H,7-8,16H2,1-4H3/t10-/m1/s1. The van der Waals surface area contributed by atoms with Crippen LogP contribution in [0.1, 0.15) is 45.7 Å². The van der Waals surface area contributed by atoms with Crippen molar-refractivity contribution in [2.24, 2.45) is 11.1 Å². The SMILES string of the molecule is C[C@@H](N)c1ccc(OCCC(C)(C)C)c(F)c1. The van der Waals surface area contributed by atoms with Gasteiger partial charge in [-0.05, 0) is 36.5 Å². The highest BCUT2D eigenvalue weighted by atomic mass is 19.1. The molecule has 1 rings (SSSR count). The summed E-state index contributed by atoms with van der Waals surface area (Å²) in [6.45, 7) is 8.75. The molecular weight excluding hydrogens is 217 g/mol. The maximum Gasteiger partial charge on any atom is 0.165 e. The van der Waals surface area contributed by atoms with Gasteiger partial charge in [0, 0.05) is 6.04 Å². The maximum atomic E-state index is 13.6. The summed E-state index contributed by atoms with van der Waals surface area (Å²) in [4.78, 5) is 0. The Morgan fingerprint density at radius 1 is 1.35 bits per heavy atom. The van der Waals surface area contributed by atoms with Crippen LogP contribution in [0.2, 0.25) is 0 Å². The molecule has 2 nitrogen and oxygen atoms in total. The second-order valence-electron chi connectivity index (χ2n) is 5.64. The predicted molar refractivity (Wildman–Crippen MR) is 68.6 cm³/mol. The van der Waals surface area contributed by atoms with E-state index in [2.05, 4.69) is 20.8 Å². The molecule has 17 heavy (non-hydrogen) atoms. The summed E-state index contributed by atoms with van der Waals surface area (Å²) in [6, 6.07) is 4.74. The molecule has 0 bridgehead atoms. The van der Waals surface area contributed by atoms with E-state index in [9.17, 15) is 4.39 Å². The van der Waals surface area contributed by atoms with Gasteiger partial charge in [0.15, 0.2) is 11.6 Å². The van der Waals surface area contributed by atoms with Crippen molar-refractivity contribution < 1.29 is 9.13 Å². The van der Waals surface area contributed by atoms with Crippen LogP contribution in [0.3, 0.4) is 0 Å². The Hall–Kier alpha value is -1.09. The van der Waals surface area contributed by atoms with Crippen LogP contribution < -0.4 is 10.5 Å². The van der Waals surface area contributed by atoms with Crippen molar-refractivity contribution in [2.75, 3.05) is 6.61 Å². The van der Waals surface area contributed by atoms with E-state index >= 15 is 0 Å². The van der Waals surface area contributed by atoms with Gasteiger partial charge in [-0.15, -0.1) is 0 Å². The van der Waals surface area contributed by atoms with E-state index in [1.165, 1.54) is 6.07 Å². The van der Waals surface area contributed by atoms with E-state index in [0.29, 0.717) is 12.4 Å². The fraction of sp³-hybridized carbons (Fsp3) is 0.571.